The maximum absolute atomic E-state index is 13.9. The van der Waals surface area contributed by atoms with Crippen LogP contribution in [0.15, 0.2) is 35.7 Å². The molecule has 2 rings (SSSR count). The van der Waals surface area contributed by atoms with Gasteiger partial charge >= 0.3 is 6.18 Å². The molecule has 1 unspecified atom stereocenters. The molecule has 0 spiro atoms. The first-order chi connectivity index (χ1) is 8.89. The number of rotatable bonds is 3. The van der Waals surface area contributed by atoms with Crippen LogP contribution >= 0.6 is 11.3 Å². The average molecular weight is 289 g/mol. The molecule has 2 aromatic rings. The van der Waals surface area contributed by atoms with Gasteiger partial charge in [-0.15, -0.1) is 11.3 Å². The third-order valence-electron chi connectivity index (χ3n) is 2.73. The molecule has 0 saturated heterocycles. The third kappa shape index (κ3) is 3.13. The summed E-state index contributed by atoms with van der Waals surface area (Å²) in [6, 6.07) is 6.03. The van der Waals surface area contributed by atoms with E-state index in [9.17, 15) is 17.6 Å². The number of benzene rings is 1. The van der Waals surface area contributed by atoms with Gasteiger partial charge in [0, 0.05) is 22.9 Å². The van der Waals surface area contributed by atoms with Crippen LogP contribution in [0, 0.1) is 5.82 Å². The summed E-state index contributed by atoms with van der Waals surface area (Å²) in [7, 11) is 0. The molecule has 0 saturated carbocycles. The van der Waals surface area contributed by atoms with E-state index in [1.165, 1.54) is 23.5 Å². The van der Waals surface area contributed by atoms with Crippen molar-refractivity contribution < 1.29 is 17.6 Å². The van der Waals surface area contributed by atoms with Crippen molar-refractivity contribution in [2.75, 3.05) is 0 Å². The van der Waals surface area contributed by atoms with Gasteiger partial charge in [-0.05, 0) is 17.5 Å². The standard InChI is InChI=1S/C13H11F4NS/c14-12-9(4-1-5-10(12)13(15,16)17)11(18)7-8-3-2-6-19-8/h1-6,11H,7,18H2. The van der Waals surface area contributed by atoms with E-state index in [0.717, 1.165) is 10.9 Å². The zero-order valence-corrected chi connectivity index (χ0v) is 10.6. The molecular formula is C13H11F4NS. The second-order valence-electron chi connectivity index (χ2n) is 4.10. The van der Waals surface area contributed by atoms with Crippen LogP contribution in [0.1, 0.15) is 22.0 Å². The van der Waals surface area contributed by atoms with E-state index in [1.807, 2.05) is 17.5 Å². The number of halogens is 4. The van der Waals surface area contributed by atoms with Gasteiger partial charge in [0.15, 0.2) is 0 Å². The van der Waals surface area contributed by atoms with Gasteiger partial charge in [-0.2, -0.15) is 13.2 Å². The van der Waals surface area contributed by atoms with Crippen LogP contribution in [0.2, 0.25) is 0 Å². The highest BCUT2D eigenvalue weighted by atomic mass is 32.1. The molecule has 0 aliphatic heterocycles. The van der Waals surface area contributed by atoms with Crippen molar-refractivity contribution in [3.05, 3.63) is 57.5 Å². The Labute approximate surface area is 111 Å². The summed E-state index contributed by atoms with van der Waals surface area (Å²) in [5.74, 6) is -1.28. The van der Waals surface area contributed by atoms with Gasteiger partial charge in [0.2, 0.25) is 0 Å². The zero-order valence-electron chi connectivity index (χ0n) is 9.75. The Kier molecular flexibility index (Phi) is 3.91. The largest absolute Gasteiger partial charge is 0.419 e. The highest BCUT2D eigenvalue weighted by Crippen LogP contribution is 2.34. The molecule has 0 radical (unpaired) electrons. The smallest absolute Gasteiger partial charge is 0.324 e. The second-order valence-corrected chi connectivity index (χ2v) is 5.13. The summed E-state index contributed by atoms with van der Waals surface area (Å²) in [5, 5.41) is 1.84. The molecule has 102 valence electrons. The monoisotopic (exact) mass is 289 g/mol. The van der Waals surface area contributed by atoms with Gasteiger partial charge in [0.1, 0.15) is 5.82 Å². The fourth-order valence-electron chi connectivity index (χ4n) is 1.81. The Hall–Kier alpha value is -1.40. The molecule has 0 amide bonds. The van der Waals surface area contributed by atoms with E-state index >= 15 is 0 Å². The van der Waals surface area contributed by atoms with Crippen LogP contribution in [-0.4, -0.2) is 0 Å². The molecule has 0 aliphatic rings. The van der Waals surface area contributed by atoms with Crippen LogP contribution in [0.3, 0.4) is 0 Å². The highest BCUT2D eigenvalue weighted by molar-refractivity contribution is 7.09. The van der Waals surface area contributed by atoms with E-state index in [1.54, 1.807) is 0 Å². The lowest BCUT2D eigenvalue weighted by atomic mass is 10.00. The number of hydrogen-bond acceptors (Lipinski definition) is 2. The summed E-state index contributed by atoms with van der Waals surface area (Å²) in [4.78, 5) is 0.907. The van der Waals surface area contributed by atoms with Gasteiger partial charge in [-0.25, -0.2) is 4.39 Å². The zero-order chi connectivity index (χ0) is 14.0. The lowest BCUT2D eigenvalue weighted by Gasteiger charge is -2.15. The molecule has 19 heavy (non-hydrogen) atoms. The molecular weight excluding hydrogens is 278 g/mol. The summed E-state index contributed by atoms with van der Waals surface area (Å²) in [6.07, 6.45) is -4.39. The fraction of sp³-hybridized carbons (Fsp3) is 0.231. The van der Waals surface area contributed by atoms with Gasteiger partial charge in [0.05, 0.1) is 5.56 Å². The van der Waals surface area contributed by atoms with E-state index in [0.29, 0.717) is 6.42 Å². The van der Waals surface area contributed by atoms with Crippen LogP contribution in [0.4, 0.5) is 17.6 Å². The average Bonchev–Trinajstić information content (AvgIpc) is 2.80. The first kappa shape index (κ1) is 14.0. The predicted octanol–water partition coefficient (Wildman–Crippen LogP) is 4.15. The van der Waals surface area contributed by atoms with Gasteiger partial charge in [0.25, 0.3) is 0 Å². The minimum Gasteiger partial charge on any atom is -0.324 e. The lowest BCUT2D eigenvalue weighted by Crippen LogP contribution is -2.17. The van der Waals surface area contributed by atoms with Crippen LogP contribution in [0.25, 0.3) is 0 Å². The molecule has 0 aliphatic carbocycles. The summed E-state index contributed by atoms with van der Waals surface area (Å²) < 4.78 is 51.6. The Morgan fingerprint density at radius 1 is 1.16 bits per heavy atom. The third-order valence-corrected chi connectivity index (χ3v) is 3.63. The minimum atomic E-state index is -4.71. The van der Waals surface area contributed by atoms with Crippen molar-refractivity contribution in [2.45, 2.75) is 18.6 Å². The Morgan fingerprint density at radius 3 is 2.47 bits per heavy atom. The predicted molar refractivity (Wildman–Crippen MR) is 66.4 cm³/mol. The van der Waals surface area contributed by atoms with Crippen molar-refractivity contribution in [2.24, 2.45) is 5.73 Å². The Bertz CT molecular complexity index is 548. The molecule has 1 heterocycles. The van der Waals surface area contributed by atoms with Crippen molar-refractivity contribution in [3.8, 4) is 0 Å². The van der Waals surface area contributed by atoms with Crippen LogP contribution in [-0.2, 0) is 12.6 Å². The van der Waals surface area contributed by atoms with E-state index in [-0.39, 0.29) is 5.56 Å². The molecule has 6 heteroatoms. The number of thiophene rings is 1. The van der Waals surface area contributed by atoms with Crippen molar-refractivity contribution in [1.29, 1.82) is 0 Å². The molecule has 1 nitrogen and oxygen atoms in total. The van der Waals surface area contributed by atoms with E-state index in [4.69, 9.17) is 5.73 Å². The summed E-state index contributed by atoms with van der Waals surface area (Å²) >= 11 is 1.44. The lowest BCUT2D eigenvalue weighted by molar-refractivity contribution is -0.140. The van der Waals surface area contributed by atoms with Crippen molar-refractivity contribution in [3.63, 3.8) is 0 Å². The molecule has 1 atom stereocenters. The van der Waals surface area contributed by atoms with Crippen LogP contribution in [0.5, 0.6) is 0 Å². The topological polar surface area (TPSA) is 26.0 Å². The molecule has 0 fully saturated rings. The molecule has 1 aromatic heterocycles. The first-order valence-electron chi connectivity index (χ1n) is 5.53. The maximum Gasteiger partial charge on any atom is 0.419 e. The van der Waals surface area contributed by atoms with Crippen molar-refractivity contribution >= 4 is 11.3 Å². The number of hydrogen-bond donors (Lipinski definition) is 1. The van der Waals surface area contributed by atoms with Gasteiger partial charge < -0.3 is 5.73 Å². The highest BCUT2D eigenvalue weighted by Gasteiger charge is 2.35. The summed E-state index contributed by atoms with van der Waals surface area (Å²) in [6.45, 7) is 0. The number of alkyl halides is 3. The molecule has 0 bridgehead atoms. The first-order valence-corrected chi connectivity index (χ1v) is 6.41. The van der Waals surface area contributed by atoms with Gasteiger partial charge in [-0.1, -0.05) is 18.2 Å². The Morgan fingerprint density at radius 2 is 1.89 bits per heavy atom. The minimum absolute atomic E-state index is 0.108. The van der Waals surface area contributed by atoms with E-state index < -0.39 is 23.6 Å². The Balaban J connectivity index is 2.30. The van der Waals surface area contributed by atoms with Crippen molar-refractivity contribution in [1.82, 2.24) is 0 Å². The quantitative estimate of drug-likeness (QED) is 0.844. The SMILES string of the molecule is NC(Cc1cccs1)c1cccc(C(F)(F)F)c1F. The second kappa shape index (κ2) is 5.30. The van der Waals surface area contributed by atoms with Gasteiger partial charge in [-0.3, -0.25) is 0 Å². The summed E-state index contributed by atoms with van der Waals surface area (Å²) in [5.41, 5.74) is 4.42. The maximum atomic E-state index is 13.9. The number of nitrogens with two attached hydrogens (primary N) is 1. The van der Waals surface area contributed by atoms with E-state index in [2.05, 4.69) is 0 Å². The fourth-order valence-corrected chi connectivity index (χ4v) is 2.58. The molecule has 2 N–H and O–H groups in total. The molecule has 1 aromatic carbocycles. The normalized spacial score (nSPS) is 13.5. The van der Waals surface area contributed by atoms with Crippen LogP contribution < -0.4 is 5.73 Å².